The van der Waals surface area contributed by atoms with E-state index in [1.807, 2.05) is 0 Å². The maximum Gasteiger partial charge on any atom is 0.425 e. The van der Waals surface area contributed by atoms with Gasteiger partial charge in [0.15, 0.2) is 0 Å². The van der Waals surface area contributed by atoms with Gasteiger partial charge in [0.05, 0.1) is 10.0 Å². The predicted molar refractivity (Wildman–Crippen MR) is 69.1 cm³/mol. The molecule has 0 saturated heterocycles. The molecule has 108 valence electrons. The highest BCUT2D eigenvalue weighted by atomic mass is 35.5. The third-order valence-corrected chi connectivity index (χ3v) is 2.17. The molecule has 10 heteroatoms. The zero-order valence-corrected chi connectivity index (χ0v) is 11.6. The van der Waals surface area contributed by atoms with Gasteiger partial charge >= 0.3 is 6.18 Å². The Hall–Kier alpha value is -0.760. The number of aromatic nitrogens is 1. The van der Waals surface area contributed by atoms with Crippen molar-refractivity contribution in [3.8, 4) is 0 Å². The smallest absolute Gasteiger partial charge is 0.386 e. The van der Waals surface area contributed by atoms with E-state index in [-0.39, 0.29) is 40.4 Å². The summed E-state index contributed by atoms with van der Waals surface area (Å²) < 4.78 is 35.6. The molecule has 0 spiro atoms. The molecule has 0 amide bonds. The molecule has 0 atom stereocenters. The van der Waals surface area contributed by atoms with E-state index in [1.54, 1.807) is 0 Å². The van der Waals surface area contributed by atoms with Crippen LogP contribution < -0.4 is 5.73 Å². The number of halogens is 6. The van der Waals surface area contributed by atoms with Crippen LogP contribution in [0.2, 0.25) is 10.0 Å². The Morgan fingerprint density at radius 2 is 2.05 bits per heavy atom. The van der Waals surface area contributed by atoms with Gasteiger partial charge in [0.25, 0.3) is 0 Å². The first-order valence-electron chi connectivity index (χ1n) is 4.60. The van der Waals surface area contributed by atoms with Crippen LogP contribution >= 0.6 is 35.6 Å². The summed E-state index contributed by atoms with van der Waals surface area (Å²) in [5.41, 5.74) is 5.47. The normalized spacial score (nSPS) is 12.0. The molecule has 4 nitrogen and oxygen atoms in total. The minimum Gasteiger partial charge on any atom is -0.386 e. The van der Waals surface area contributed by atoms with Crippen LogP contribution in [0, 0.1) is 0 Å². The molecule has 1 aromatic rings. The number of hydrogen-bond acceptors (Lipinski definition) is 4. The molecule has 0 radical (unpaired) electrons. The van der Waals surface area contributed by atoms with Crippen LogP contribution in [0.3, 0.4) is 0 Å². The van der Waals surface area contributed by atoms with Gasteiger partial charge in [0, 0.05) is 12.7 Å². The second kappa shape index (κ2) is 7.74. The molecular formula is C9H9Cl3F3N3O. The topological polar surface area (TPSA) is 60.5 Å². The van der Waals surface area contributed by atoms with Gasteiger partial charge in [-0.3, -0.25) is 4.98 Å². The minimum absolute atomic E-state index is 0. The Kier molecular flexibility index (Phi) is 7.43. The van der Waals surface area contributed by atoms with Gasteiger partial charge in [-0.25, -0.2) is 0 Å². The van der Waals surface area contributed by atoms with Crippen LogP contribution in [0.5, 0.6) is 0 Å². The van der Waals surface area contributed by atoms with Crippen LogP contribution in [0.25, 0.3) is 0 Å². The van der Waals surface area contributed by atoms with Crippen molar-refractivity contribution in [2.75, 3.05) is 13.2 Å². The number of oxime groups is 1. The van der Waals surface area contributed by atoms with E-state index in [0.717, 1.165) is 0 Å². The molecule has 0 aliphatic carbocycles. The maximum absolute atomic E-state index is 11.9. The first-order chi connectivity index (χ1) is 8.33. The largest absolute Gasteiger partial charge is 0.425 e. The van der Waals surface area contributed by atoms with Crippen molar-refractivity contribution < 1.29 is 18.0 Å². The lowest BCUT2D eigenvalue weighted by Gasteiger charge is -2.07. The Morgan fingerprint density at radius 3 is 2.53 bits per heavy atom. The molecule has 2 N–H and O–H groups in total. The molecule has 0 fully saturated rings. The predicted octanol–water partition coefficient (Wildman–Crippen LogP) is 3.05. The summed E-state index contributed by atoms with van der Waals surface area (Å²) in [5, 5.41) is 3.69. The van der Waals surface area contributed by atoms with E-state index in [0.29, 0.717) is 0 Å². The highest BCUT2D eigenvalue weighted by molar-refractivity contribution is 6.36. The number of nitrogens with zero attached hydrogens (tertiary/aromatic N) is 2. The Balaban J connectivity index is 0.00000324. The standard InChI is InChI=1S/C9H8Cl2F3N3O.ClH/c10-5-1-6(11)8(16-3-5)7(2-15)17-18-4-9(12,13)14;/h1,3H,2,4,15H2;1H. The monoisotopic (exact) mass is 337 g/mol. The van der Waals surface area contributed by atoms with E-state index in [9.17, 15) is 13.2 Å². The molecule has 1 rings (SSSR count). The lowest BCUT2D eigenvalue weighted by Crippen LogP contribution is -2.20. The van der Waals surface area contributed by atoms with Crippen LogP contribution in [0.15, 0.2) is 17.4 Å². The molecule has 0 aliphatic heterocycles. The SMILES string of the molecule is Cl.NCC(=NOCC(F)(F)F)c1ncc(Cl)cc1Cl. The van der Waals surface area contributed by atoms with Gasteiger partial charge in [0.2, 0.25) is 6.61 Å². The summed E-state index contributed by atoms with van der Waals surface area (Å²) in [6, 6.07) is 1.38. The van der Waals surface area contributed by atoms with Crippen molar-refractivity contribution >= 4 is 41.3 Å². The highest BCUT2D eigenvalue weighted by Crippen LogP contribution is 2.19. The highest BCUT2D eigenvalue weighted by Gasteiger charge is 2.28. The van der Waals surface area contributed by atoms with Crippen LogP contribution in [-0.2, 0) is 4.84 Å². The Labute approximate surface area is 123 Å². The lowest BCUT2D eigenvalue weighted by atomic mass is 10.2. The maximum atomic E-state index is 11.9. The van der Waals surface area contributed by atoms with Crippen molar-refractivity contribution in [2.24, 2.45) is 10.9 Å². The van der Waals surface area contributed by atoms with Gasteiger partial charge in [-0.05, 0) is 6.07 Å². The number of hydrogen-bond donors (Lipinski definition) is 1. The quantitative estimate of drug-likeness (QED) is 0.678. The van der Waals surface area contributed by atoms with Crippen molar-refractivity contribution in [2.45, 2.75) is 6.18 Å². The zero-order valence-electron chi connectivity index (χ0n) is 9.25. The number of alkyl halides is 3. The summed E-state index contributed by atoms with van der Waals surface area (Å²) in [4.78, 5) is 7.97. The Morgan fingerprint density at radius 1 is 1.42 bits per heavy atom. The molecule has 1 heterocycles. The van der Waals surface area contributed by atoms with Gasteiger partial charge in [0.1, 0.15) is 11.4 Å². The fourth-order valence-electron chi connectivity index (χ4n) is 0.987. The third-order valence-electron chi connectivity index (χ3n) is 1.68. The number of rotatable bonds is 4. The summed E-state index contributed by atoms with van der Waals surface area (Å²) in [7, 11) is 0. The first kappa shape index (κ1) is 18.2. The van der Waals surface area contributed by atoms with Gasteiger partial charge in [-0.1, -0.05) is 28.4 Å². The van der Waals surface area contributed by atoms with Crippen molar-refractivity contribution in [3.05, 3.63) is 28.0 Å². The average molecular weight is 339 g/mol. The summed E-state index contributed by atoms with van der Waals surface area (Å²) in [5.74, 6) is 0. The summed E-state index contributed by atoms with van der Waals surface area (Å²) in [6.45, 7) is -1.69. The number of nitrogens with two attached hydrogens (primary N) is 1. The van der Waals surface area contributed by atoms with Crippen molar-refractivity contribution in [1.82, 2.24) is 4.98 Å². The lowest BCUT2D eigenvalue weighted by molar-refractivity contribution is -0.173. The van der Waals surface area contributed by atoms with Crippen LogP contribution in [0.4, 0.5) is 13.2 Å². The van der Waals surface area contributed by atoms with Crippen molar-refractivity contribution in [3.63, 3.8) is 0 Å². The van der Waals surface area contributed by atoms with E-state index in [1.165, 1.54) is 12.3 Å². The Bertz CT molecular complexity index is 454. The summed E-state index contributed by atoms with van der Waals surface area (Å²) >= 11 is 11.4. The van der Waals surface area contributed by atoms with E-state index in [4.69, 9.17) is 28.9 Å². The van der Waals surface area contributed by atoms with E-state index in [2.05, 4.69) is 15.0 Å². The third kappa shape index (κ3) is 6.29. The minimum atomic E-state index is -4.47. The molecule has 19 heavy (non-hydrogen) atoms. The fraction of sp³-hybridized carbons (Fsp3) is 0.333. The fourth-order valence-corrected chi connectivity index (χ4v) is 1.48. The molecule has 0 saturated carbocycles. The molecule has 0 aromatic carbocycles. The van der Waals surface area contributed by atoms with Gasteiger partial charge in [-0.15, -0.1) is 12.4 Å². The molecule has 0 aliphatic rings. The van der Waals surface area contributed by atoms with E-state index >= 15 is 0 Å². The van der Waals surface area contributed by atoms with Crippen LogP contribution in [-0.4, -0.2) is 30.0 Å². The second-order valence-electron chi connectivity index (χ2n) is 3.11. The van der Waals surface area contributed by atoms with E-state index < -0.39 is 12.8 Å². The van der Waals surface area contributed by atoms with Gasteiger partial charge in [-0.2, -0.15) is 13.2 Å². The van der Waals surface area contributed by atoms with Gasteiger partial charge < -0.3 is 10.6 Å². The molecule has 0 bridgehead atoms. The first-order valence-corrected chi connectivity index (χ1v) is 5.36. The zero-order chi connectivity index (χ0) is 13.8. The second-order valence-corrected chi connectivity index (χ2v) is 3.96. The summed E-state index contributed by atoms with van der Waals surface area (Å²) in [6.07, 6.45) is -3.20. The molecular weight excluding hydrogens is 329 g/mol. The molecule has 0 unspecified atom stereocenters. The van der Waals surface area contributed by atoms with Crippen LogP contribution in [0.1, 0.15) is 5.69 Å². The average Bonchev–Trinajstić information content (AvgIpc) is 2.24. The number of pyridine rings is 1. The van der Waals surface area contributed by atoms with Crippen molar-refractivity contribution in [1.29, 1.82) is 0 Å². The molecule has 1 aromatic heterocycles.